The second-order valence-electron chi connectivity index (χ2n) is 6.81. The first-order valence-electron chi connectivity index (χ1n) is 10.1. The Kier molecular flexibility index (Phi) is 10.5. The summed E-state index contributed by atoms with van der Waals surface area (Å²) in [5.41, 5.74) is 2.93. The molecule has 0 unspecified atom stereocenters. The maximum absolute atomic E-state index is 12.3. The van der Waals surface area contributed by atoms with Crippen LogP contribution in [-0.2, 0) is 13.1 Å². The minimum absolute atomic E-state index is 0. The molecule has 9 heteroatoms. The van der Waals surface area contributed by atoms with Gasteiger partial charge in [-0.3, -0.25) is 14.5 Å². The second kappa shape index (κ2) is 13.4. The van der Waals surface area contributed by atoms with Crippen molar-refractivity contribution in [1.82, 2.24) is 25.7 Å². The van der Waals surface area contributed by atoms with E-state index in [0.717, 1.165) is 0 Å². The molecule has 0 spiro atoms. The zero-order chi connectivity index (χ0) is 21.9. The van der Waals surface area contributed by atoms with E-state index in [4.69, 9.17) is 4.74 Å². The summed E-state index contributed by atoms with van der Waals surface area (Å²) in [6, 6.07) is 17.2. The van der Waals surface area contributed by atoms with E-state index in [0.29, 0.717) is 43.5 Å². The smallest absolute Gasteiger partial charge is 0.251 e. The number of aromatic nitrogens is 2. The predicted molar refractivity (Wildman–Crippen MR) is 137 cm³/mol. The van der Waals surface area contributed by atoms with Crippen LogP contribution in [0.5, 0.6) is 5.75 Å². The summed E-state index contributed by atoms with van der Waals surface area (Å²) < 4.78 is 7.06. The van der Waals surface area contributed by atoms with Gasteiger partial charge in [-0.15, -0.1) is 24.0 Å². The van der Waals surface area contributed by atoms with Crippen LogP contribution in [0.1, 0.15) is 21.5 Å². The van der Waals surface area contributed by atoms with Crippen LogP contribution in [0.2, 0.25) is 0 Å². The molecule has 1 amide bonds. The number of aliphatic imine (C=N–C) groups is 1. The third kappa shape index (κ3) is 7.56. The lowest BCUT2D eigenvalue weighted by Crippen LogP contribution is -2.41. The average molecular weight is 548 g/mol. The van der Waals surface area contributed by atoms with Crippen molar-refractivity contribution in [1.29, 1.82) is 0 Å². The molecule has 2 aromatic carbocycles. The molecule has 3 N–H and O–H groups in total. The molecule has 0 aliphatic heterocycles. The van der Waals surface area contributed by atoms with Gasteiger partial charge in [0.25, 0.3) is 5.91 Å². The first-order chi connectivity index (χ1) is 15.2. The summed E-state index contributed by atoms with van der Waals surface area (Å²) >= 11 is 0. The van der Waals surface area contributed by atoms with Crippen molar-refractivity contribution < 1.29 is 9.53 Å². The van der Waals surface area contributed by atoms with Crippen LogP contribution in [0.3, 0.4) is 0 Å². The van der Waals surface area contributed by atoms with Crippen molar-refractivity contribution in [3.05, 3.63) is 83.7 Å². The summed E-state index contributed by atoms with van der Waals surface area (Å²) in [5, 5.41) is 13.7. The molecular weight excluding hydrogens is 519 g/mol. The van der Waals surface area contributed by atoms with E-state index in [1.807, 2.05) is 29.1 Å². The fourth-order valence-corrected chi connectivity index (χ4v) is 3.08. The quantitative estimate of drug-likeness (QED) is 0.166. The highest BCUT2D eigenvalue weighted by molar-refractivity contribution is 14.0. The number of benzene rings is 2. The Hall–Kier alpha value is -3.08. The van der Waals surface area contributed by atoms with Gasteiger partial charge in [-0.1, -0.05) is 30.3 Å². The molecule has 170 valence electrons. The minimum Gasteiger partial charge on any atom is -0.497 e. The standard InChI is InChI=1S/C23H28N6O2.HI/c1-24-23(26-13-12-25-22(30)18-9-5-10-21(15-18)31-2)27-16-19-7-3-4-8-20(19)17-29-14-6-11-28-29;/h3-11,14-15H,12-13,16-17H2,1-2H3,(H,25,30)(H2,24,26,27);1H. The molecule has 1 heterocycles. The van der Waals surface area contributed by atoms with Gasteiger partial charge in [-0.2, -0.15) is 5.10 Å². The number of nitrogens with one attached hydrogen (secondary N) is 3. The molecule has 0 aliphatic rings. The van der Waals surface area contributed by atoms with E-state index in [1.165, 1.54) is 11.1 Å². The number of guanidine groups is 1. The molecule has 0 radical (unpaired) electrons. The Labute approximate surface area is 205 Å². The Bertz CT molecular complexity index is 1010. The average Bonchev–Trinajstić information content (AvgIpc) is 3.32. The number of carbonyl (C=O) groups excluding carboxylic acids is 1. The van der Waals surface area contributed by atoms with Gasteiger partial charge in [0.15, 0.2) is 5.96 Å². The van der Waals surface area contributed by atoms with Crippen molar-refractivity contribution in [2.45, 2.75) is 13.1 Å². The summed E-state index contributed by atoms with van der Waals surface area (Å²) in [7, 11) is 3.30. The molecular formula is C23H29IN6O2. The maximum Gasteiger partial charge on any atom is 0.251 e. The van der Waals surface area contributed by atoms with Crippen LogP contribution >= 0.6 is 24.0 Å². The first kappa shape index (κ1) is 25.2. The largest absolute Gasteiger partial charge is 0.497 e. The molecule has 3 aromatic rings. The SMILES string of the molecule is CN=C(NCCNC(=O)c1cccc(OC)c1)NCc1ccccc1Cn1cccn1.I. The number of hydrogen-bond donors (Lipinski definition) is 3. The van der Waals surface area contributed by atoms with E-state index in [9.17, 15) is 4.79 Å². The van der Waals surface area contributed by atoms with E-state index in [-0.39, 0.29) is 29.9 Å². The fraction of sp³-hybridized carbons (Fsp3) is 0.261. The Morgan fingerprint density at radius 2 is 1.81 bits per heavy atom. The van der Waals surface area contributed by atoms with Gasteiger partial charge < -0.3 is 20.7 Å². The Morgan fingerprint density at radius 3 is 2.53 bits per heavy atom. The van der Waals surface area contributed by atoms with Crippen molar-refractivity contribution in [3.63, 3.8) is 0 Å². The van der Waals surface area contributed by atoms with Gasteiger partial charge in [0.05, 0.1) is 13.7 Å². The highest BCUT2D eigenvalue weighted by atomic mass is 127. The number of methoxy groups -OCH3 is 1. The number of halogens is 1. The van der Waals surface area contributed by atoms with Gasteiger partial charge in [-0.25, -0.2) is 0 Å². The number of carbonyl (C=O) groups is 1. The van der Waals surface area contributed by atoms with Gasteiger partial charge in [0, 0.05) is 44.6 Å². The van der Waals surface area contributed by atoms with Crippen molar-refractivity contribution in [2.24, 2.45) is 4.99 Å². The highest BCUT2D eigenvalue weighted by Gasteiger charge is 2.07. The zero-order valence-electron chi connectivity index (χ0n) is 18.2. The normalized spacial score (nSPS) is 10.8. The number of nitrogens with zero attached hydrogens (tertiary/aromatic N) is 3. The van der Waals surface area contributed by atoms with E-state index >= 15 is 0 Å². The molecule has 0 saturated carbocycles. The number of amides is 1. The van der Waals surface area contributed by atoms with Crippen molar-refractivity contribution >= 4 is 35.8 Å². The monoisotopic (exact) mass is 548 g/mol. The summed E-state index contributed by atoms with van der Waals surface area (Å²) in [6.07, 6.45) is 3.73. The Balaban J connectivity index is 0.00000363. The van der Waals surface area contributed by atoms with Crippen LogP contribution < -0.4 is 20.7 Å². The van der Waals surface area contributed by atoms with Crippen LogP contribution in [0.15, 0.2) is 72.0 Å². The molecule has 3 rings (SSSR count). The number of rotatable bonds is 9. The third-order valence-corrected chi connectivity index (χ3v) is 4.71. The van der Waals surface area contributed by atoms with Crippen molar-refractivity contribution in [3.8, 4) is 5.75 Å². The molecule has 8 nitrogen and oxygen atoms in total. The van der Waals surface area contributed by atoms with Gasteiger partial charge in [-0.05, 0) is 35.4 Å². The lowest BCUT2D eigenvalue weighted by Gasteiger charge is -2.15. The summed E-state index contributed by atoms with van der Waals surface area (Å²) in [4.78, 5) is 16.5. The van der Waals surface area contributed by atoms with Gasteiger partial charge in [0.2, 0.25) is 0 Å². The van der Waals surface area contributed by atoms with Crippen LogP contribution in [0, 0.1) is 0 Å². The second-order valence-corrected chi connectivity index (χ2v) is 6.81. The van der Waals surface area contributed by atoms with E-state index in [2.05, 4.69) is 38.2 Å². The maximum atomic E-state index is 12.3. The van der Waals surface area contributed by atoms with E-state index < -0.39 is 0 Å². The van der Waals surface area contributed by atoms with Crippen molar-refractivity contribution in [2.75, 3.05) is 27.2 Å². The topological polar surface area (TPSA) is 92.6 Å². The number of hydrogen-bond acceptors (Lipinski definition) is 4. The molecule has 1 aromatic heterocycles. The lowest BCUT2D eigenvalue weighted by molar-refractivity contribution is 0.0954. The molecule has 0 aliphatic carbocycles. The molecule has 0 atom stereocenters. The van der Waals surface area contributed by atoms with E-state index in [1.54, 1.807) is 44.6 Å². The number of ether oxygens (including phenoxy) is 1. The zero-order valence-corrected chi connectivity index (χ0v) is 20.6. The van der Waals surface area contributed by atoms with Crippen LogP contribution in [0.4, 0.5) is 0 Å². The molecule has 0 saturated heterocycles. The fourth-order valence-electron chi connectivity index (χ4n) is 3.08. The first-order valence-corrected chi connectivity index (χ1v) is 10.1. The summed E-state index contributed by atoms with van der Waals surface area (Å²) in [5.74, 6) is 1.18. The van der Waals surface area contributed by atoms with Gasteiger partial charge >= 0.3 is 0 Å². The lowest BCUT2D eigenvalue weighted by atomic mass is 10.1. The predicted octanol–water partition coefficient (Wildman–Crippen LogP) is 2.65. The Morgan fingerprint density at radius 1 is 1.03 bits per heavy atom. The highest BCUT2D eigenvalue weighted by Crippen LogP contribution is 2.12. The molecule has 0 fully saturated rings. The third-order valence-electron chi connectivity index (χ3n) is 4.71. The van der Waals surface area contributed by atoms with Crippen LogP contribution in [0.25, 0.3) is 0 Å². The molecule has 0 bridgehead atoms. The van der Waals surface area contributed by atoms with Gasteiger partial charge in [0.1, 0.15) is 5.75 Å². The summed E-state index contributed by atoms with van der Waals surface area (Å²) in [6.45, 7) is 2.36. The molecule has 32 heavy (non-hydrogen) atoms. The minimum atomic E-state index is -0.142. The van der Waals surface area contributed by atoms with Crippen LogP contribution in [-0.4, -0.2) is 48.9 Å².